The van der Waals surface area contributed by atoms with Crippen molar-refractivity contribution in [2.24, 2.45) is 0 Å². The van der Waals surface area contributed by atoms with E-state index < -0.39 is 11.8 Å². The van der Waals surface area contributed by atoms with E-state index in [1.165, 1.54) is 4.57 Å². The predicted octanol–water partition coefficient (Wildman–Crippen LogP) is 3.11. The average Bonchev–Trinajstić information content (AvgIpc) is 3.48. The first-order chi connectivity index (χ1) is 16.0. The molecule has 2 unspecified atom stereocenters. The van der Waals surface area contributed by atoms with E-state index in [1.807, 2.05) is 43.3 Å². The second-order valence-corrected chi connectivity index (χ2v) is 8.24. The predicted molar refractivity (Wildman–Crippen MR) is 121 cm³/mol. The molecule has 0 aliphatic carbocycles. The zero-order valence-electron chi connectivity index (χ0n) is 18.5. The first-order valence-corrected chi connectivity index (χ1v) is 11.0. The van der Waals surface area contributed by atoms with E-state index in [0.29, 0.717) is 49.0 Å². The van der Waals surface area contributed by atoms with Gasteiger partial charge >= 0.3 is 5.76 Å². The highest BCUT2D eigenvalue weighted by Gasteiger charge is 2.31. The third kappa shape index (κ3) is 3.95. The Morgan fingerprint density at radius 1 is 0.970 bits per heavy atom. The molecule has 2 aromatic heterocycles. The molecule has 170 valence electrons. The third-order valence-corrected chi connectivity index (χ3v) is 6.27. The Labute approximate surface area is 190 Å². The van der Waals surface area contributed by atoms with Gasteiger partial charge < -0.3 is 13.8 Å². The molecule has 4 aromatic rings. The van der Waals surface area contributed by atoms with E-state index in [4.69, 9.17) is 8.94 Å². The second-order valence-electron chi connectivity index (χ2n) is 8.24. The summed E-state index contributed by atoms with van der Waals surface area (Å²) in [6.45, 7) is 6.21. The molecule has 0 saturated carbocycles. The Morgan fingerprint density at radius 2 is 1.67 bits per heavy atom. The average molecular weight is 447 g/mol. The smallest absolute Gasteiger partial charge is 0.408 e. The zero-order valence-corrected chi connectivity index (χ0v) is 18.5. The van der Waals surface area contributed by atoms with Crippen LogP contribution in [0.3, 0.4) is 0 Å². The van der Waals surface area contributed by atoms with E-state index in [-0.39, 0.29) is 11.9 Å². The minimum absolute atomic E-state index is 0.0647. The fourth-order valence-electron chi connectivity index (χ4n) is 4.32. The molecule has 5 rings (SSSR count). The van der Waals surface area contributed by atoms with Gasteiger partial charge in [-0.1, -0.05) is 47.6 Å². The molecular weight excluding hydrogens is 422 g/mol. The Bertz CT molecular complexity index is 1320. The molecule has 1 saturated heterocycles. The third-order valence-electron chi connectivity index (χ3n) is 6.27. The number of fused-ring (bicyclic) bond motifs is 1. The van der Waals surface area contributed by atoms with Crippen molar-refractivity contribution < 1.29 is 13.7 Å². The summed E-state index contributed by atoms with van der Waals surface area (Å²) in [5, 5.41) is 4.11. The number of hydrogen-bond acceptors (Lipinski definition) is 7. The summed E-state index contributed by atoms with van der Waals surface area (Å²) >= 11 is 0. The number of carbonyl (C=O) groups is 1. The van der Waals surface area contributed by atoms with Gasteiger partial charge in [-0.05, 0) is 26.0 Å². The lowest BCUT2D eigenvalue weighted by Crippen LogP contribution is -2.51. The van der Waals surface area contributed by atoms with Crippen LogP contribution in [-0.2, 0) is 4.79 Å². The summed E-state index contributed by atoms with van der Waals surface area (Å²) < 4.78 is 12.2. The summed E-state index contributed by atoms with van der Waals surface area (Å²) in [5.41, 5.74) is 2.02. The van der Waals surface area contributed by atoms with Gasteiger partial charge in [-0.25, -0.2) is 4.79 Å². The lowest BCUT2D eigenvalue weighted by Gasteiger charge is -2.37. The van der Waals surface area contributed by atoms with Crippen LogP contribution in [-0.4, -0.2) is 56.6 Å². The summed E-state index contributed by atoms with van der Waals surface area (Å²) in [5.74, 6) is 0.506. The van der Waals surface area contributed by atoms with Crippen molar-refractivity contribution in [3.05, 3.63) is 71.0 Å². The largest absolute Gasteiger partial charge is 0.420 e. The number of carbonyl (C=O) groups excluding carboxylic acids is 1. The number of piperazine rings is 1. The fraction of sp³-hybridized carbons (Fsp3) is 0.333. The molecule has 1 aliphatic rings. The van der Waals surface area contributed by atoms with E-state index in [0.717, 1.165) is 5.56 Å². The highest BCUT2D eigenvalue weighted by atomic mass is 16.5. The van der Waals surface area contributed by atoms with E-state index in [2.05, 4.69) is 15.0 Å². The molecule has 1 aliphatic heterocycles. The van der Waals surface area contributed by atoms with Crippen LogP contribution in [0.15, 0.2) is 68.3 Å². The maximum absolute atomic E-state index is 13.2. The van der Waals surface area contributed by atoms with Gasteiger partial charge in [0.15, 0.2) is 5.58 Å². The maximum atomic E-state index is 13.2. The summed E-state index contributed by atoms with van der Waals surface area (Å²) in [4.78, 5) is 34.1. The van der Waals surface area contributed by atoms with Crippen molar-refractivity contribution in [3.8, 4) is 11.4 Å². The van der Waals surface area contributed by atoms with Crippen LogP contribution in [0.4, 0.5) is 0 Å². The topological polar surface area (TPSA) is 97.6 Å². The molecule has 9 nitrogen and oxygen atoms in total. The molecule has 3 heterocycles. The summed E-state index contributed by atoms with van der Waals surface area (Å²) in [7, 11) is 0. The number of oxazole rings is 1. The van der Waals surface area contributed by atoms with Crippen molar-refractivity contribution in [1.82, 2.24) is 24.5 Å². The summed E-state index contributed by atoms with van der Waals surface area (Å²) in [6.07, 6.45) is 0. The molecule has 1 fully saturated rings. The van der Waals surface area contributed by atoms with Gasteiger partial charge in [0.2, 0.25) is 17.6 Å². The quantitative estimate of drug-likeness (QED) is 0.464. The van der Waals surface area contributed by atoms with Crippen LogP contribution >= 0.6 is 0 Å². The molecule has 0 radical (unpaired) electrons. The van der Waals surface area contributed by atoms with Crippen LogP contribution in [0.2, 0.25) is 0 Å². The monoisotopic (exact) mass is 447 g/mol. The highest BCUT2D eigenvalue weighted by molar-refractivity contribution is 5.83. The van der Waals surface area contributed by atoms with Gasteiger partial charge in [-0.3, -0.25) is 14.3 Å². The Balaban J connectivity index is 1.24. The Morgan fingerprint density at radius 3 is 2.42 bits per heavy atom. The second kappa shape index (κ2) is 8.67. The Kier molecular flexibility index (Phi) is 5.55. The van der Waals surface area contributed by atoms with Gasteiger partial charge in [0.25, 0.3) is 0 Å². The first-order valence-electron chi connectivity index (χ1n) is 11.0. The Hall–Kier alpha value is -3.72. The molecule has 0 bridgehead atoms. The molecule has 1 amide bonds. The fourth-order valence-corrected chi connectivity index (χ4v) is 4.32. The minimum Gasteiger partial charge on any atom is -0.408 e. The van der Waals surface area contributed by atoms with Gasteiger partial charge in [-0.2, -0.15) is 4.98 Å². The first kappa shape index (κ1) is 21.1. The van der Waals surface area contributed by atoms with Crippen LogP contribution < -0.4 is 5.76 Å². The van der Waals surface area contributed by atoms with E-state index in [9.17, 15) is 9.59 Å². The zero-order chi connectivity index (χ0) is 22.9. The number of nitrogens with zero attached hydrogens (tertiary/aromatic N) is 5. The number of rotatable bonds is 5. The van der Waals surface area contributed by atoms with Crippen molar-refractivity contribution in [2.75, 3.05) is 26.2 Å². The number of benzene rings is 2. The number of aromatic nitrogens is 3. The van der Waals surface area contributed by atoms with Crippen LogP contribution in [0.5, 0.6) is 0 Å². The van der Waals surface area contributed by atoms with Crippen molar-refractivity contribution in [2.45, 2.75) is 25.9 Å². The number of para-hydroxylation sites is 2. The van der Waals surface area contributed by atoms with Crippen LogP contribution in [0, 0.1) is 0 Å². The van der Waals surface area contributed by atoms with Gasteiger partial charge in [0.05, 0.1) is 11.6 Å². The van der Waals surface area contributed by atoms with E-state index >= 15 is 0 Å². The minimum atomic E-state index is -0.644. The molecule has 0 spiro atoms. The standard InChI is InChI=1S/C24H25N5O4/c1-16(22-25-21(26-33-22)18-8-4-3-5-9-18)27-12-14-28(15-13-27)23(30)17(2)29-19-10-6-7-11-20(19)32-24(29)31/h3-11,16-17H,12-15H2,1-2H3. The molecule has 9 heteroatoms. The normalized spacial score (nSPS) is 16.7. The molecule has 33 heavy (non-hydrogen) atoms. The molecule has 2 aromatic carbocycles. The SMILES string of the molecule is CC(c1nc(-c2ccccc2)no1)N1CCN(C(=O)C(C)n2c(=O)oc3ccccc32)CC1. The van der Waals surface area contributed by atoms with Gasteiger partial charge in [0, 0.05) is 31.7 Å². The lowest BCUT2D eigenvalue weighted by molar-refractivity contribution is -0.136. The molecular formula is C24H25N5O4. The maximum Gasteiger partial charge on any atom is 0.420 e. The van der Waals surface area contributed by atoms with Crippen LogP contribution in [0.1, 0.15) is 31.8 Å². The van der Waals surface area contributed by atoms with Crippen LogP contribution in [0.25, 0.3) is 22.5 Å². The summed E-state index contributed by atoms with van der Waals surface area (Å²) in [6, 6.07) is 16.1. The van der Waals surface area contributed by atoms with E-state index in [1.54, 1.807) is 30.0 Å². The van der Waals surface area contributed by atoms with Crippen molar-refractivity contribution in [1.29, 1.82) is 0 Å². The highest BCUT2D eigenvalue weighted by Crippen LogP contribution is 2.24. The van der Waals surface area contributed by atoms with Crippen molar-refractivity contribution >= 4 is 17.0 Å². The van der Waals surface area contributed by atoms with Gasteiger partial charge in [-0.15, -0.1) is 0 Å². The lowest BCUT2D eigenvalue weighted by atomic mass is 10.2. The molecule has 2 atom stereocenters. The number of amides is 1. The van der Waals surface area contributed by atoms with Gasteiger partial charge in [0.1, 0.15) is 6.04 Å². The van der Waals surface area contributed by atoms with Crippen molar-refractivity contribution in [3.63, 3.8) is 0 Å². The number of hydrogen-bond donors (Lipinski definition) is 0. The molecule has 0 N–H and O–H groups in total.